The molecule has 0 amide bonds. The molecule has 2 unspecified atom stereocenters. The average Bonchev–Trinajstić information content (AvgIpc) is 2.48. The van der Waals surface area contributed by atoms with Crippen molar-refractivity contribution in [3.05, 3.63) is 40.1 Å². The molecule has 0 radical (unpaired) electrons. The Morgan fingerprint density at radius 3 is 2.08 bits per heavy atom. The lowest BCUT2D eigenvalue weighted by atomic mass is 9.80. The zero-order valence-electron chi connectivity index (χ0n) is 16.6. The van der Waals surface area contributed by atoms with Gasteiger partial charge in [0.2, 0.25) is 0 Å². The van der Waals surface area contributed by atoms with Gasteiger partial charge in [-0.05, 0) is 70.6 Å². The molecule has 1 aromatic rings. The first kappa shape index (κ1) is 20.7. The van der Waals surface area contributed by atoms with Crippen LogP contribution >= 0.6 is 0 Å². The number of rotatable bonds is 5. The smallest absolute Gasteiger partial charge is 0.167 e. The number of allylic oxidation sites excluding steroid dienone is 2. The van der Waals surface area contributed by atoms with Crippen LogP contribution in [0.25, 0.3) is 5.57 Å². The summed E-state index contributed by atoms with van der Waals surface area (Å²) in [7, 11) is -3.20. The number of Topliss-reactive ketones (excluding diaryl/α,β-unsaturated/α-hetero) is 1. The van der Waals surface area contributed by atoms with E-state index in [1.165, 1.54) is 0 Å². The Hall–Kier alpha value is -1.62. The van der Waals surface area contributed by atoms with E-state index in [2.05, 4.69) is 0 Å². The number of carbonyl (C=O) groups is 1. The predicted octanol–water partition coefficient (Wildman–Crippen LogP) is 4.46. The van der Waals surface area contributed by atoms with Gasteiger partial charge in [-0.25, -0.2) is 8.42 Å². The first-order valence-corrected chi connectivity index (χ1v) is 10.8. The number of benzene rings is 1. The first-order chi connectivity index (χ1) is 11.9. The van der Waals surface area contributed by atoms with Crippen molar-refractivity contribution < 1.29 is 18.3 Å². The van der Waals surface area contributed by atoms with Gasteiger partial charge in [0.05, 0.1) is 16.1 Å². The number of aryl methyl sites for hydroxylation is 3. The molecule has 0 fully saturated rings. The zero-order valence-corrected chi connectivity index (χ0v) is 17.4. The predicted molar refractivity (Wildman–Crippen MR) is 106 cm³/mol. The van der Waals surface area contributed by atoms with Crippen molar-refractivity contribution in [2.24, 2.45) is 5.92 Å². The zero-order chi connectivity index (χ0) is 19.8. The lowest BCUT2D eigenvalue weighted by Gasteiger charge is -2.27. The Bertz CT molecular complexity index is 824. The van der Waals surface area contributed by atoms with Crippen LogP contribution in [0.4, 0.5) is 0 Å². The van der Waals surface area contributed by atoms with Gasteiger partial charge in [-0.1, -0.05) is 17.7 Å². The molecular weight excluding hydrogens is 348 g/mol. The third-order valence-corrected chi connectivity index (χ3v) is 7.96. The van der Waals surface area contributed by atoms with E-state index in [1.807, 2.05) is 32.9 Å². The molecule has 1 aromatic carbocycles. The van der Waals surface area contributed by atoms with Gasteiger partial charge in [0, 0.05) is 12.8 Å². The third kappa shape index (κ3) is 4.03. The molecule has 0 saturated carbocycles. The van der Waals surface area contributed by atoms with Gasteiger partial charge in [0.1, 0.15) is 5.76 Å². The summed E-state index contributed by atoms with van der Waals surface area (Å²) in [5.74, 6) is -0.140. The number of aliphatic hydroxyl groups is 1. The van der Waals surface area contributed by atoms with Crippen molar-refractivity contribution in [1.82, 2.24) is 0 Å². The van der Waals surface area contributed by atoms with E-state index in [4.69, 9.17) is 0 Å². The minimum atomic E-state index is -3.20. The van der Waals surface area contributed by atoms with Gasteiger partial charge >= 0.3 is 0 Å². The van der Waals surface area contributed by atoms with E-state index in [-0.39, 0.29) is 23.9 Å². The highest BCUT2D eigenvalue weighted by Gasteiger charge is 2.34. The molecule has 1 aliphatic carbocycles. The topological polar surface area (TPSA) is 71.4 Å². The van der Waals surface area contributed by atoms with Crippen molar-refractivity contribution in [2.75, 3.05) is 0 Å². The number of hydrogen-bond acceptors (Lipinski definition) is 4. The minimum Gasteiger partial charge on any atom is -0.512 e. The molecule has 1 N–H and O–H groups in total. The number of hydrogen-bond donors (Lipinski definition) is 1. The maximum Gasteiger partial charge on any atom is 0.167 e. The SMILES string of the molecule is Cc1cc(C)c(C2=C(O)CC(CC(C)S(=O)(=O)C(C)C)CC2=O)c(C)c1. The number of carbonyl (C=O) groups excluding carboxylic acids is 1. The van der Waals surface area contributed by atoms with Crippen LogP contribution in [0.2, 0.25) is 0 Å². The van der Waals surface area contributed by atoms with E-state index in [0.717, 1.165) is 22.3 Å². The summed E-state index contributed by atoms with van der Waals surface area (Å²) >= 11 is 0. The summed E-state index contributed by atoms with van der Waals surface area (Å²) < 4.78 is 24.6. The maximum atomic E-state index is 12.8. The van der Waals surface area contributed by atoms with E-state index in [1.54, 1.807) is 20.8 Å². The molecule has 0 bridgehead atoms. The van der Waals surface area contributed by atoms with Gasteiger partial charge < -0.3 is 5.11 Å². The van der Waals surface area contributed by atoms with Crippen molar-refractivity contribution in [1.29, 1.82) is 0 Å². The molecule has 0 heterocycles. The largest absolute Gasteiger partial charge is 0.512 e. The van der Waals surface area contributed by atoms with Crippen molar-refractivity contribution in [3.63, 3.8) is 0 Å². The van der Waals surface area contributed by atoms with Crippen molar-refractivity contribution >= 4 is 21.2 Å². The molecule has 1 aliphatic rings. The highest BCUT2D eigenvalue weighted by atomic mass is 32.2. The van der Waals surface area contributed by atoms with Gasteiger partial charge in [0.25, 0.3) is 0 Å². The quantitative estimate of drug-likeness (QED) is 0.821. The molecule has 4 nitrogen and oxygen atoms in total. The average molecular weight is 379 g/mol. The molecular formula is C21H30O4S. The second-order valence-corrected chi connectivity index (χ2v) is 10.9. The van der Waals surface area contributed by atoms with Gasteiger partial charge in [-0.2, -0.15) is 0 Å². The Balaban J connectivity index is 2.31. The van der Waals surface area contributed by atoms with Crippen LogP contribution in [0.3, 0.4) is 0 Å². The Morgan fingerprint density at radius 1 is 1.08 bits per heavy atom. The summed E-state index contributed by atoms with van der Waals surface area (Å²) in [6.45, 7) is 11.0. The molecule has 2 atom stereocenters. The second kappa shape index (κ2) is 7.55. The summed E-state index contributed by atoms with van der Waals surface area (Å²) in [6, 6.07) is 4.03. The fraction of sp³-hybridized carbons (Fsp3) is 0.571. The van der Waals surface area contributed by atoms with Crippen LogP contribution in [0.5, 0.6) is 0 Å². The Morgan fingerprint density at radius 2 is 1.62 bits per heavy atom. The van der Waals surface area contributed by atoms with Crippen LogP contribution in [0.1, 0.15) is 62.3 Å². The third-order valence-electron chi connectivity index (χ3n) is 5.33. The molecule has 144 valence electrons. The van der Waals surface area contributed by atoms with Gasteiger partial charge in [-0.15, -0.1) is 0 Å². The highest BCUT2D eigenvalue weighted by Crippen LogP contribution is 2.37. The summed E-state index contributed by atoms with van der Waals surface area (Å²) in [5.41, 5.74) is 4.31. The lowest BCUT2D eigenvalue weighted by Crippen LogP contribution is -2.30. The van der Waals surface area contributed by atoms with E-state index >= 15 is 0 Å². The van der Waals surface area contributed by atoms with Crippen LogP contribution in [0, 0.1) is 26.7 Å². The Kier molecular flexibility index (Phi) is 6.01. The highest BCUT2D eigenvalue weighted by molar-refractivity contribution is 7.92. The summed E-state index contributed by atoms with van der Waals surface area (Å²) in [4.78, 5) is 12.8. The molecule has 26 heavy (non-hydrogen) atoms. The first-order valence-electron chi connectivity index (χ1n) is 9.21. The van der Waals surface area contributed by atoms with Crippen LogP contribution < -0.4 is 0 Å². The number of aliphatic hydroxyl groups excluding tert-OH is 1. The van der Waals surface area contributed by atoms with Crippen LogP contribution in [0.15, 0.2) is 17.9 Å². The number of sulfone groups is 1. The summed E-state index contributed by atoms with van der Waals surface area (Å²) in [6.07, 6.45) is 1.03. The fourth-order valence-electron chi connectivity index (χ4n) is 4.07. The van der Waals surface area contributed by atoms with Gasteiger partial charge in [0.15, 0.2) is 15.6 Å². The summed E-state index contributed by atoms with van der Waals surface area (Å²) in [5, 5.41) is 9.66. The van der Waals surface area contributed by atoms with E-state index in [9.17, 15) is 18.3 Å². The fourth-order valence-corrected chi connectivity index (χ4v) is 5.54. The van der Waals surface area contributed by atoms with E-state index < -0.39 is 20.3 Å². The molecule has 0 spiro atoms. The van der Waals surface area contributed by atoms with Crippen molar-refractivity contribution in [2.45, 2.75) is 71.3 Å². The van der Waals surface area contributed by atoms with Crippen LogP contribution in [-0.2, 0) is 14.6 Å². The molecule has 2 rings (SSSR count). The molecule has 0 aliphatic heterocycles. The minimum absolute atomic E-state index is 0.0930. The van der Waals surface area contributed by atoms with Crippen molar-refractivity contribution in [3.8, 4) is 0 Å². The molecule has 0 saturated heterocycles. The van der Waals surface area contributed by atoms with E-state index in [0.29, 0.717) is 18.4 Å². The number of ketones is 1. The molecule has 5 heteroatoms. The second-order valence-electron chi connectivity index (χ2n) is 7.98. The monoisotopic (exact) mass is 378 g/mol. The molecule has 0 aromatic heterocycles. The normalized spacial score (nSPS) is 20.0. The van der Waals surface area contributed by atoms with Crippen LogP contribution in [-0.4, -0.2) is 29.8 Å². The Labute approximate surface area is 157 Å². The maximum absolute atomic E-state index is 12.8. The standard InChI is InChI=1S/C21H30O4S/c1-12(2)26(24,25)16(6)9-17-10-18(22)21(19(23)11-17)20-14(4)7-13(3)8-15(20)5/h7-8,12,16-17,22H,9-11H2,1-6H3. The van der Waals surface area contributed by atoms with Gasteiger partial charge in [-0.3, -0.25) is 4.79 Å². The lowest BCUT2D eigenvalue weighted by molar-refractivity contribution is -0.115.